The van der Waals surface area contributed by atoms with E-state index >= 15 is 0 Å². The molecule has 6 nitrogen and oxygen atoms in total. The highest BCUT2D eigenvalue weighted by molar-refractivity contribution is 5.53. The van der Waals surface area contributed by atoms with Gasteiger partial charge in [-0.05, 0) is 36.2 Å². The summed E-state index contributed by atoms with van der Waals surface area (Å²) in [6.07, 6.45) is 5.26. The zero-order valence-electron chi connectivity index (χ0n) is 14.8. The van der Waals surface area contributed by atoms with Gasteiger partial charge in [-0.15, -0.1) is 0 Å². The van der Waals surface area contributed by atoms with Crippen molar-refractivity contribution in [3.63, 3.8) is 0 Å². The number of methoxy groups -OCH3 is 3. The van der Waals surface area contributed by atoms with Gasteiger partial charge in [0.2, 0.25) is 5.75 Å². The number of nitrogens with zero attached hydrogens (tertiary/aromatic N) is 3. The van der Waals surface area contributed by atoms with E-state index in [-0.39, 0.29) is 0 Å². The molecule has 1 unspecified atom stereocenters. The fourth-order valence-corrected chi connectivity index (χ4v) is 3.38. The predicted molar refractivity (Wildman–Crippen MR) is 91.9 cm³/mol. The lowest BCUT2D eigenvalue weighted by molar-refractivity contribution is 0.312. The molecule has 0 bridgehead atoms. The Morgan fingerprint density at radius 2 is 1.83 bits per heavy atom. The first-order chi connectivity index (χ1) is 11.6. The molecule has 0 N–H and O–H groups in total. The van der Waals surface area contributed by atoms with Crippen LogP contribution in [0.4, 0.5) is 0 Å². The highest BCUT2D eigenvalue weighted by Crippen LogP contribution is 2.39. The zero-order chi connectivity index (χ0) is 17.1. The molecule has 1 saturated heterocycles. The Morgan fingerprint density at radius 1 is 1.12 bits per heavy atom. The fraction of sp³-hybridized carbons (Fsp3) is 0.500. The Labute approximate surface area is 142 Å². The van der Waals surface area contributed by atoms with E-state index in [1.807, 2.05) is 30.1 Å². The minimum atomic E-state index is 0.556. The summed E-state index contributed by atoms with van der Waals surface area (Å²) in [6.45, 7) is 2.99. The molecule has 6 heteroatoms. The van der Waals surface area contributed by atoms with Gasteiger partial charge in [0, 0.05) is 32.3 Å². The lowest BCUT2D eigenvalue weighted by Crippen LogP contribution is -2.19. The van der Waals surface area contributed by atoms with Gasteiger partial charge in [0.1, 0.15) is 0 Å². The van der Waals surface area contributed by atoms with Crippen LogP contribution in [0.5, 0.6) is 17.2 Å². The minimum absolute atomic E-state index is 0.556. The molecule has 0 spiro atoms. The van der Waals surface area contributed by atoms with Crippen molar-refractivity contribution in [1.29, 1.82) is 0 Å². The van der Waals surface area contributed by atoms with Crippen LogP contribution < -0.4 is 14.2 Å². The molecule has 1 aromatic carbocycles. The average Bonchev–Trinajstić information content (AvgIpc) is 3.22. The van der Waals surface area contributed by atoms with Gasteiger partial charge < -0.3 is 14.2 Å². The highest BCUT2D eigenvalue weighted by Gasteiger charge is 2.25. The van der Waals surface area contributed by atoms with Crippen molar-refractivity contribution >= 4 is 0 Å². The van der Waals surface area contributed by atoms with Crippen LogP contribution in [0.3, 0.4) is 0 Å². The van der Waals surface area contributed by atoms with E-state index < -0.39 is 0 Å². The molecule has 2 heterocycles. The van der Waals surface area contributed by atoms with E-state index in [1.54, 1.807) is 21.3 Å². The van der Waals surface area contributed by atoms with E-state index in [0.717, 1.165) is 31.6 Å². The average molecular weight is 331 g/mol. The van der Waals surface area contributed by atoms with Gasteiger partial charge in [0.25, 0.3) is 0 Å². The van der Waals surface area contributed by atoms with Crippen LogP contribution >= 0.6 is 0 Å². The molecule has 1 atom stereocenters. The summed E-state index contributed by atoms with van der Waals surface area (Å²) in [5.74, 6) is 2.60. The monoisotopic (exact) mass is 331 g/mol. The lowest BCUT2D eigenvalue weighted by Gasteiger charge is -2.18. The van der Waals surface area contributed by atoms with Crippen LogP contribution in [-0.2, 0) is 13.6 Å². The normalized spacial score (nSPS) is 17.9. The number of aromatic nitrogens is 2. The summed E-state index contributed by atoms with van der Waals surface area (Å²) in [5, 5.41) is 4.29. The predicted octanol–water partition coefficient (Wildman–Crippen LogP) is 2.44. The van der Waals surface area contributed by atoms with Crippen LogP contribution in [0, 0.1) is 0 Å². The Hall–Kier alpha value is -2.21. The van der Waals surface area contributed by atoms with Crippen LogP contribution in [0.1, 0.15) is 23.5 Å². The summed E-state index contributed by atoms with van der Waals surface area (Å²) in [7, 11) is 6.88. The molecule has 130 valence electrons. The van der Waals surface area contributed by atoms with Crippen molar-refractivity contribution < 1.29 is 14.2 Å². The van der Waals surface area contributed by atoms with Crippen LogP contribution in [-0.4, -0.2) is 49.1 Å². The van der Waals surface area contributed by atoms with E-state index in [2.05, 4.69) is 16.2 Å². The van der Waals surface area contributed by atoms with Gasteiger partial charge >= 0.3 is 0 Å². The standard InChI is InChI=1S/C18H25N3O3/c1-20-11-15(9-19-20)14-5-6-21(12-14)10-13-7-16(22-2)18(24-4)17(8-13)23-3/h7-9,11,14H,5-6,10,12H2,1-4H3. The second-order valence-corrected chi connectivity index (χ2v) is 6.20. The second kappa shape index (κ2) is 7.13. The lowest BCUT2D eigenvalue weighted by atomic mass is 10.0. The van der Waals surface area contributed by atoms with Crippen molar-refractivity contribution in [2.75, 3.05) is 34.4 Å². The van der Waals surface area contributed by atoms with Gasteiger partial charge in [-0.2, -0.15) is 5.10 Å². The summed E-state index contributed by atoms with van der Waals surface area (Å²) >= 11 is 0. The maximum atomic E-state index is 5.44. The summed E-state index contributed by atoms with van der Waals surface area (Å²) in [6, 6.07) is 4.05. The van der Waals surface area contributed by atoms with E-state index in [0.29, 0.717) is 23.2 Å². The summed E-state index contributed by atoms with van der Waals surface area (Å²) in [5.41, 5.74) is 2.49. The number of likely N-dealkylation sites (tertiary alicyclic amines) is 1. The number of hydrogen-bond donors (Lipinski definition) is 0. The number of hydrogen-bond acceptors (Lipinski definition) is 5. The Morgan fingerprint density at radius 3 is 2.38 bits per heavy atom. The van der Waals surface area contributed by atoms with E-state index in [1.165, 1.54) is 5.56 Å². The first kappa shape index (κ1) is 16.6. The van der Waals surface area contributed by atoms with E-state index in [4.69, 9.17) is 14.2 Å². The molecule has 1 aliphatic rings. The number of ether oxygens (including phenoxy) is 3. The number of rotatable bonds is 6. The minimum Gasteiger partial charge on any atom is -0.493 e. The van der Waals surface area contributed by atoms with Crippen molar-refractivity contribution in [1.82, 2.24) is 14.7 Å². The van der Waals surface area contributed by atoms with Crippen LogP contribution in [0.25, 0.3) is 0 Å². The van der Waals surface area contributed by atoms with Gasteiger partial charge in [-0.3, -0.25) is 9.58 Å². The van der Waals surface area contributed by atoms with Crippen molar-refractivity contribution in [3.8, 4) is 17.2 Å². The molecular formula is C18H25N3O3. The third-order valence-corrected chi connectivity index (χ3v) is 4.60. The molecule has 3 rings (SSSR count). The second-order valence-electron chi connectivity index (χ2n) is 6.20. The molecule has 0 radical (unpaired) electrons. The Balaban J connectivity index is 1.72. The molecule has 1 aliphatic heterocycles. The van der Waals surface area contributed by atoms with E-state index in [9.17, 15) is 0 Å². The maximum absolute atomic E-state index is 5.44. The molecule has 1 fully saturated rings. The fourth-order valence-electron chi connectivity index (χ4n) is 3.38. The zero-order valence-corrected chi connectivity index (χ0v) is 14.8. The first-order valence-corrected chi connectivity index (χ1v) is 8.14. The van der Waals surface area contributed by atoms with Gasteiger partial charge in [0.05, 0.1) is 27.5 Å². The molecule has 2 aromatic rings. The number of benzene rings is 1. The molecule has 0 saturated carbocycles. The first-order valence-electron chi connectivity index (χ1n) is 8.14. The Bertz CT molecular complexity index is 674. The third kappa shape index (κ3) is 3.33. The molecule has 0 amide bonds. The van der Waals surface area contributed by atoms with Crippen molar-refractivity contribution in [2.45, 2.75) is 18.9 Å². The quantitative estimate of drug-likeness (QED) is 0.814. The van der Waals surface area contributed by atoms with Crippen molar-refractivity contribution in [3.05, 3.63) is 35.7 Å². The summed E-state index contributed by atoms with van der Waals surface area (Å²) in [4.78, 5) is 2.46. The third-order valence-electron chi connectivity index (χ3n) is 4.60. The SMILES string of the molecule is COc1cc(CN2CCC(c3cnn(C)c3)C2)cc(OC)c1OC. The molecule has 0 aliphatic carbocycles. The largest absolute Gasteiger partial charge is 0.493 e. The smallest absolute Gasteiger partial charge is 0.203 e. The van der Waals surface area contributed by atoms with Crippen LogP contribution in [0.15, 0.2) is 24.5 Å². The highest BCUT2D eigenvalue weighted by atomic mass is 16.5. The number of aryl methyl sites for hydroxylation is 1. The topological polar surface area (TPSA) is 48.8 Å². The molecule has 1 aromatic heterocycles. The van der Waals surface area contributed by atoms with Gasteiger partial charge in [-0.25, -0.2) is 0 Å². The molecule has 24 heavy (non-hydrogen) atoms. The van der Waals surface area contributed by atoms with Crippen molar-refractivity contribution in [2.24, 2.45) is 7.05 Å². The summed E-state index contributed by atoms with van der Waals surface area (Å²) < 4.78 is 18.1. The molecular weight excluding hydrogens is 306 g/mol. The van der Waals surface area contributed by atoms with Gasteiger partial charge in [0.15, 0.2) is 11.5 Å². The Kier molecular flexibility index (Phi) is 4.94. The van der Waals surface area contributed by atoms with Crippen LogP contribution in [0.2, 0.25) is 0 Å². The maximum Gasteiger partial charge on any atom is 0.203 e. The van der Waals surface area contributed by atoms with Gasteiger partial charge in [-0.1, -0.05) is 0 Å².